The molecule has 0 saturated heterocycles. The maximum absolute atomic E-state index is 12.8. The van der Waals surface area contributed by atoms with Gasteiger partial charge in [0, 0.05) is 22.4 Å². The summed E-state index contributed by atoms with van der Waals surface area (Å²) in [4.78, 5) is 25.4. The summed E-state index contributed by atoms with van der Waals surface area (Å²) >= 11 is 7.28. The number of halogens is 1. The van der Waals surface area contributed by atoms with Crippen molar-refractivity contribution in [3.63, 3.8) is 0 Å². The number of thiophene rings is 1. The number of amides is 1. The summed E-state index contributed by atoms with van der Waals surface area (Å²) in [7, 11) is 3.11. The van der Waals surface area contributed by atoms with E-state index < -0.39 is 5.97 Å². The molecule has 6 nitrogen and oxygen atoms in total. The second kappa shape index (κ2) is 11.0. The van der Waals surface area contributed by atoms with Crippen LogP contribution in [-0.4, -0.2) is 32.7 Å². The van der Waals surface area contributed by atoms with Crippen LogP contribution >= 0.6 is 22.9 Å². The van der Waals surface area contributed by atoms with Crippen LogP contribution in [0.2, 0.25) is 5.02 Å². The Labute approximate surface area is 196 Å². The standard InChI is InChI=1S/C24H24ClNO5S/c1-4-31-24(28)22-18(16-9-10-19(29-2)20(13-16)30-3)14-32-23(22)26-21(27)11-8-15-6-5-7-17(25)12-15/h5-7,9-10,12-14H,4,8,11H2,1-3H3,(H,26,27). The van der Waals surface area contributed by atoms with Gasteiger partial charge in [0.2, 0.25) is 5.91 Å². The molecule has 8 heteroatoms. The van der Waals surface area contributed by atoms with Gasteiger partial charge in [-0.15, -0.1) is 11.3 Å². The Morgan fingerprint density at radius 2 is 1.84 bits per heavy atom. The minimum atomic E-state index is -0.497. The average Bonchev–Trinajstić information content (AvgIpc) is 3.21. The van der Waals surface area contributed by atoms with Crippen molar-refractivity contribution in [3.05, 3.63) is 64.0 Å². The van der Waals surface area contributed by atoms with Gasteiger partial charge in [0.15, 0.2) is 11.5 Å². The zero-order valence-electron chi connectivity index (χ0n) is 18.1. The minimum absolute atomic E-state index is 0.198. The van der Waals surface area contributed by atoms with Gasteiger partial charge in [-0.3, -0.25) is 4.79 Å². The van der Waals surface area contributed by atoms with E-state index >= 15 is 0 Å². The van der Waals surface area contributed by atoms with E-state index in [2.05, 4.69) is 5.32 Å². The van der Waals surface area contributed by atoms with E-state index in [1.807, 2.05) is 29.6 Å². The summed E-state index contributed by atoms with van der Waals surface area (Å²) < 4.78 is 15.9. The van der Waals surface area contributed by atoms with Crippen molar-refractivity contribution in [1.82, 2.24) is 0 Å². The molecule has 0 aliphatic carbocycles. The number of hydrogen-bond donors (Lipinski definition) is 1. The average molecular weight is 474 g/mol. The number of esters is 1. The highest BCUT2D eigenvalue weighted by Crippen LogP contribution is 2.39. The third-order valence-corrected chi connectivity index (χ3v) is 5.88. The number of nitrogens with one attached hydrogen (secondary N) is 1. The molecule has 1 N–H and O–H groups in total. The maximum atomic E-state index is 12.8. The normalized spacial score (nSPS) is 10.5. The van der Waals surface area contributed by atoms with Crippen molar-refractivity contribution in [2.45, 2.75) is 19.8 Å². The first-order chi connectivity index (χ1) is 15.5. The molecule has 168 valence electrons. The van der Waals surface area contributed by atoms with E-state index in [1.165, 1.54) is 11.3 Å². The minimum Gasteiger partial charge on any atom is -0.493 e. The number of methoxy groups -OCH3 is 2. The van der Waals surface area contributed by atoms with Crippen LogP contribution in [-0.2, 0) is 16.0 Å². The van der Waals surface area contributed by atoms with Gasteiger partial charge in [-0.2, -0.15) is 0 Å². The second-order valence-electron chi connectivity index (χ2n) is 6.82. The van der Waals surface area contributed by atoms with Crippen molar-refractivity contribution in [2.75, 3.05) is 26.1 Å². The van der Waals surface area contributed by atoms with Gasteiger partial charge < -0.3 is 19.5 Å². The number of carbonyl (C=O) groups is 2. The third kappa shape index (κ3) is 5.60. The lowest BCUT2D eigenvalue weighted by Crippen LogP contribution is -2.15. The number of benzene rings is 2. The fourth-order valence-corrected chi connectivity index (χ4v) is 4.40. The van der Waals surface area contributed by atoms with E-state index in [9.17, 15) is 9.59 Å². The largest absolute Gasteiger partial charge is 0.493 e. The third-order valence-electron chi connectivity index (χ3n) is 4.75. The Morgan fingerprint density at radius 3 is 2.53 bits per heavy atom. The Hall–Kier alpha value is -3.03. The molecule has 1 amide bonds. The molecule has 32 heavy (non-hydrogen) atoms. The number of aryl methyl sites for hydroxylation is 1. The lowest BCUT2D eigenvalue weighted by atomic mass is 10.0. The van der Waals surface area contributed by atoms with Crippen LogP contribution < -0.4 is 14.8 Å². The molecule has 0 bridgehead atoms. The SMILES string of the molecule is CCOC(=O)c1c(-c2ccc(OC)c(OC)c2)csc1NC(=O)CCc1cccc(Cl)c1. The fraction of sp³-hybridized carbons (Fsp3) is 0.250. The molecule has 0 radical (unpaired) electrons. The molecule has 0 aliphatic heterocycles. The summed E-state index contributed by atoms with van der Waals surface area (Å²) in [6.07, 6.45) is 0.793. The quantitative estimate of drug-likeness (QED) is 0.395. The zero-order chi connectivity index (χ0) is 23.1. The number of rotatable bonds is 9. The van der Waals surface area contributed by atoms with E-state index in [-0.39, 0.29) is 18.9 Å². The highest BCUT2D eigenvalue weighted by molar-refractivity contribution is 7.15. The van der Waals surface area contributed by atoms with Crippen LogP contribution in [0.4, 0.5) is 5.00 Å². The molecular weight excluding hydrogens is 450 g/mol. The zero-order valence-corrected chi connectivity index (χ0v) is 19.6. The first-order valence-electron chi connectivity index (χ1n) is 10.0. The van der Waals surface area contributed by atoms with Gasteiger partial charge >= 0.3 is 5.97 Å². The summed E-state index contributed by atoms with van der Waals surface area (Å²) in [5.74, 6) is 0.428. The van der Waals surface area contributed by atoms with Crippen molar-refractivity contribution < 1.29 is 23.8 Å². The van der Waals surface area contributed by atoms with E-state index in [0.29, 0.717) is 39.1 Å². The summed E-state index contributed by atoms with van der Waals surface area (Å²) in [5.41, 5.74) is 2.69. The van der Waals surface area contributed by atoms with Gasteiger partial charge in [0.1, 0.15) is 10.6 Å². The van der Waals surface area contributed by atoms with E-state index in [4.69, 9.17) is 25.8 Å². The molecule has 0 atom stereocenters. The van der Waals surface area contributed by atoms with Gasteiger partial charge in [-0.25, -0.2) is 4.79 Å². The van der Waals surface area contributed by atoms with Crippen molar-refractivity contribution in [3.8, 4) is 22.6 Å². The molecular formula is C24H24ClNO5S. The molecule has 3 aromatic rings. The Morgan fingerprint density at radius 1 is 1.06 bits per heavy atom. The highest BCUT2D eigenvalue weighted by Gasteiger charge is 2.23. The number of hydrogen-bond acceptors (Lipinski definition) is 6. The smallest absolute Gasteiger partial charge is 0.341 e. The Bertz CT molecular complexity index is 1110. The molecule has 2 aromatic carbocycles. The first-order valence-corrected chi connectivity index (χ1v) is 11.3. The molecule has 0 spiro atoms. The Kier molecular flexibility index (Phi) is 8.14. The summed E-state index contributed by atoms with van der Waals surface area (Å²) in [5, 5.41) is 5.76. The highest BCUT2D eigenvalue weighted by atomic mass is 35.5. The van der Waals surface area contributed by atoms with Crippen molar-refractivity contribution in [1.29, 1.82) is 0 Å². The number of ether oxygens (including phenoxy) is 3. The lowest BCUT2D eigenvalue weighted by molar-refractivity contribution is -0.116. The number of anilines is 1. The molecule has 0 unspecified atom stereocenters. The van der Waals surface area contributed by atoms with Crippen LogP contribution in [0.15, 0.2) is 47.8 Å². The molecule has 0 fully saturated rings. The lowest BCUT2D eigenvalue weighted by Gasteiger charge is -2.11. The van der Waals surface area contributed by atoms with Crippen LogP contribution in [0.25, 0.3) is 11.1 Å². The van der Waals surface area contributed by atoms with E-state index in [1.54, 1.807) is 39.3 Å². The van der Waals surface area contributed by atoms with Crippen LogP contribution in [0.3, 0.4) is 0 Å². The molecule has 0 aliphatic rings. The fourth-order valence-electron chi connectivity index (χ4n) is 3.21. The van der Waals surface area contributed by atoms with Gasteiger partial charge in [-0.1, -0.05) is 29.8 Å². The van der Waals surface area contributed by atoms with Gasteiger partial charge in [0.25, 0.3) is 0 Å². The predicted molar refractivity (Wildman–Crippen MR) is 127 cm³/mol. The molecule has 0 saturated carbocycles. The molecule has 3 rings (SSSR count). The predicted octanol–water partition coefficient (Wildman–Crippen LogP) is 5.83. The monoisotopic (exact) mass is 473 g/mol. The summed E-state index contributed by atoms with van der Waals surface area (Å²) in [6, 6.07) is 12.8. The summed E-state index contributed by atoms with van der Waals surface area (Å²) in [6.45, 7) is 1.96. The van der Waals surface area contributed by atoms with Crippen LogP contribution in [0.5, 0.6) is 11.5 Å². The molecule has 1 aromatic heterocycles. The van der Waals surface area contributed by atoms with E-state index in [0.717, 1.165) is 11.1 Å². The Balaban J connectivity index is 1.86. The van der Waals surface area contributed by atoms with Crippen LogP contribution in [0, 0.1) is 0 Å². The first kappa shape index (κ1) is 23.6. The number of carbonyl (C=O) groups excluding carboxylic acids is 2. The molecule has 1 heterocycles. The van der Waals surface area contributed by atoms with Crippen molar-refractivity contribution >= 4 is 39.8 Å². The van der Waals surface area contributed by atoms with Gasteiger partial charge in [0.05, 0.1) is 20.8 Å². The van der Waals surface area contributed by atoms with Crippen LogP contribution in [0.1, 0.15) is 29.3 Å². The topological polar surface area (TPSA) is 73.9 Å². The second-order valence-corrected chi connectivity index (χ2v) is 8.14. The van der Waals surface area contributed by atoms with Crippen molar-refractivity contribution in [2.24, 2.45) is 0 Å². The maximum Gasteiger partial charge on any atom is 0.341 e. The van der Waals surface area contributed by atoms with Gasteiger partial charge in [-0.05, 0) is 48.7 Å².